The Balaban J connectivity index is 1.38. The molecule has 0 saturated heterocycles. The van der Waals surface area contributed by atoms with Crippen molar-refractivity contribution in [3.05, 3.63) is 75.1 Å². The summed E-state index contributed by atoms with van der Waals surface area (Å²) in [7, 11) is 0. The lowest BCUT2D eigenvalue weighted by Gasteiger charge is -2.15. The molecule has 166 valence electrons. The molecule has 0 atom stereocenters. The largest absolute Gasteiger partial charge is 0.325 e. The average Bonchev–Trinajstić information content (AvgIpc) is 3.41. The van der Waals surface area contributed by atoms with E-state index in [2.05, 4.69) is 10.3 Å². The molecule has 1 aliphatic rings. The van der Waals surface area contributed by atoms with Crippen LogP contribution in [0.1, 0.15) is 12.5 Å². The Bertz CT molecular complexity index is 1460. The molecule has 0 saturated carbocycles. The lowest BCUT2D eigenvalue weighted by Crippen LogP contribution is -2.28. The number of halogens is 1. The van der Waals surface area contributed by atoms with Crippen LogP contribution in [-0.4, -0.2) is 27.9 Å². The van der Waals surface area contributed by atoms with Crippen molar-refractivity contribution in [1.29, 1.82) is 0 Å². The highest BCUT2D eigenvalue weighted by Gasteiger charge is 2.22. The summed E-state index contributed by atoms with van der Waals surface area (Å²) in [6.45, 7) is 2.02. The number of thiophene rings is 1. The second-order valence-corrected chi connectivity index (χ2v) is 9.12. The maximum absolute atomic E-state index is 13.2. The van der Waals surface area contributed by atoms with Crippen molar-refractivity contribution in [3.63, 3.8) is 0 Å². The number of amides is 2. The molecule has 0 unspecified atom stereocenters. The lowest BCUT2D eigenvalue weighted by atomic mass is 10.1. The van der Waals surface area contributed by atoms with Crippen LogP contribution in [0, 0.1) is 0 Å². The van der Waals surface area contributed by atoms with Crippen LogP contribution in [0.15, 0.2) is 59.0 Å². The molecule has 0 bridgehead atoms. The van der Waals surface area contributed by atoms with Gasteiger partial charge in [-0.05, 0) is 47.9 Å². The van der Waals surface area contributed by atoms with Gasteiger partial charge in [-0.25, -0.2) is 4.98 Å². The highest BCUT2D eigenvalue weighted by atomic mass is 35.5. The zero-order valence-corrected chi connectivity index (χ0v) is 19.2. The smallest absolute Gasteiger partial charge is 0.263 e. The van der Waals surface area contributed by atoms with Gasteiger partial charge < -0.3 is 10.2 Å². The topological polar surface area (TPSA) is 84.3 Å². The van der Waals surface area contributed by atoms with E-state index < -0.39 is 0 Å². The minimum atomic E-state index is -0.331. The number of carbonyl (C=O) groups excluding carboxylic acids is 2. The van der Waals surface area contributed by atoms with E-state index in [1.807, 2.05) is 29.6 Å². The molecule has 1 aliphatic heterocycles. The second kappa shape index (κ2) is 8.46. The number of nitrogens with zero attached hydrogens (tertiary/aromatic N) is 3. The van der Waals surface area contributed by atoms with E-state index in [4.69, 9.17) is 11.6 Å². The van der Waals surface area contributed by atoms with E-state index in [1.165, 1.54) is 22.2 Å². The van der Waals surface area contributed by atoms with E-state index in [0.717, 1.165) is 28.8 Å². The van der Waals surface area contributed by atoms with Gasteiger partial charge in [-0.1, -0.05) is 23.7 Å². The monoisotopic (exact) mass is 478 g/mol. The fourth-order valence-electron chi connectivity index (χ4n) is 4.08. The number of carbonyl (C=O) groups is 2. The Labute approximate surface area is 198 Å². The van der Waals surface area contributed by atoms with Gasteiger partial charge in [0.25, 0.3) is 5.56 Å². The summed E-state index contributed by atoms with van der Waals surface area (Å²) in [5.41, 5.74) is 3.88. The van der Waals surface area contributed by atoms with Crippen molar-refractivity contribution >= 4 is 56.3 Å². The average molecular weight is 479 g/mol. The van der Waals surface area contributed by atoms with Gasteiger partial charge in [0.05, 0.1) is 11.7 Å². The first-order valence-electron chi connectivity index (χ1n) is 10.3. The highest BCUT2D eigenvalue weighted by molar-refractivity contribution is 7.17. The Kier molecular flexibility index (Phi) is 5.47. The van der Waals surface area contributed by atoms with Gasteiger partial charge in [0.2, 0.25) is 11.8 Å². The van der Waals surface area contributed by atoms with Crippen LogP contribution in [0.4, 0.5) is 11.4 Å². The molecule has 3 heterocycles. The van der Waals surface area contributed by atoms with Crippen LogP contribution in [0.3, 0.4) is 0 Å². The summed E-state index contributed by atoms with van der Waals surface area (Å²) in [5.74, 6) is -0.331. The van der Waals surface area contributed by atoms with Gasteiger partial charge in [0, 0.05) is 40.8 Å². The Morgan fingerprint density at radius 3 is 2.73 bits per heavy atom. The molecule has 7 nitrogen and oxygen atoms in total. The molecular weight excluding hydrogens is 460 g/mol. The Morgan fingerprint density at radius 2 is 1.97 bits per heavy atom. The van der Waals surface area contributed by atoms with Gasteiger partial charge in [-0.15, -0.1) is 11.3 Å². The minimum absolute atomic E-state index is 0.000738. The van der Waals surface area contributed by atoms with Crippen LogP contribution in [0.2, 0.25) is 5.02 Å². The van der Waals surface area contributed by atoms with E-state index in [0.29, 0.717) is 27.5 Å². The summed E-state index contributed by atoms with van der Waals surface area (Å²) in [4.78, 5) is 44.3. The predicted molar refractivity (Wildman–Crippen MR) is 131 cm³/mol. The zero-order valence-electron chi connectivity index (χ0n) is 17.7. The number of fused-ring (bicyclic) bond motifs is 2. The number of benzene rings is 2. The summed E-state index contributed by atoms with van der Waals surface area (Å²) >= 11 is 7.37. The summed E-state index contributed by atoms with van der Waals surface area (Å²) < 4.78 is 1.31. The molecule has 2 amide bonds. The van der Waals surface area contributed by atoms with Crippen molar-refractivity contribution in [3.8, 4) is 11.1 Å². The number of anilines is 2. The maximum Gasteiger partial charge on any atom is 0.263 e. The maximum atomic E-state index is 13.2. The normalized spacial score (nSPS) is 12.7. The van der Waals surface area contributed by atoms with Crippen LogP contribution in [0.25, 0.3) is 21.3 Å². The SMILES string of the molecule is CC(=O)N1CCc2cc(NC(=O)Cn3cnc4scc(-c5ccc(Cl)cc5)c4c3=O)ccc21. The first-order chi connectivity index (χ1) is 15.9. The predicted octanol–water partition coefficient (Wildman–Crippen LogP) is 4.33. The van der Waals surface area contributed by atoms with Crippen molar-refractivity contribution in [2.75, 3.05) is 16.8 Å². The minimum Gasteiger partial charge on any atom is -0.325 e. The first-order valence-corrected chi connectivity index (χ1v) is 11.6. The van der Waals surface area contributed by atoms with E-state index in [1.54, 1.807) is 30.0 Å². The molecule has 5 rings (SSSR count). The van der Waals surface area contributed by atoms with Crippen molar-refractivity contribution < 1.29 is 9.59 Å². The standard InChI is InChI=1S/C24H19ClN4O3S/c1-14(30)29-9-8-16-10-18(6-7-20(16)29)27-21(31)11-28-13-26-23-22(24(28)32)19(12-33-23)15-2-4-17(25)5-3-15/h2-7,10,12-13H,8-9,11H2,1H3,(H,27,31). The fraction of sp³-hybridized carbons (Fsp3) is 0.167. The molecule has 9 heteroatoms. The highest BCUT2D eigenvalue weighted by Crippen LogP contribution is 2.32. The fourth-order valence-corrected chi connectivity index (χ4v) is 5.12. The van der Waals surface area contributed by atoms with Crippen LogP contribution in [0.5, 0.6) is 0 Å². The molecule has 0 radical (unpaired) electrons. The third-order valence-corrected chi connectivity index (χ3v) is 6.81. The number of hydrogen-bond donors (Lipinski definition) is 1. The molecule has 2 aromatic heterocycles. The number of aromatic nitrogens is 2. The molecule has 0 spiro atoms. The third-order valence-electron chi connectivity index (χ3n) is 5.67. The van der Waals surface area contributed by atoms with Crippen molar-refractivity contribution in [1.82, 2.24) is 9.55 Å². The summed E-state index contributed by atoms with van der Waals surface area (Å²) in [6.07, 6.45) is 2.14. The second-order valence-electron chi connectivity index (χ2n) is 7.83. The van der Waals surface area contributed by atoms with Crippen LogP contribution >= 0.6 is 22.9 Å². The Hall–Kier alpha value is -3.49. The molecule has 1 N–H and O–H groups in total. The molecule has 33 heavy (non-hydrogen) atoms. The van der Waals surface area contributed by atoms with E-state index in [-0.39, 0.29) is 23.9 Å². The van der Waals surface area contributed by atoms with Crippen molar-refractivity contribution in [2.45, 2.75) is 19.9 Å². The van der Waals surface area contributed by atoms with Gasteiger partial charge >= 0.3 is 0 Å². The van der Waals surface area contributed by atoms with E-state index >= 15 is 0 Å². The lowest BCUT2D eigenvalue weighted by molar-refractivity contribution is -0.117. The van der Waals surface area contributed by atoms with Gasteiger partial charge in [0.15, 0.2) is 0 Å². The summed E-state index contributed by atoms with van der Waals surface area (Å²) in [5, 5.41) is 5.84. The molecule has 0 fully saturated rings. The number of nitrogens with one attached hydrogen (secondary N) is 1. The molecular formula is C24H19ClN4O3S. The quantitative estimate of drug-likeness (QED) is 0.473. The van der Waals surface area contributed by atoms with Gasteiger partial charge in [0.1, 0.15) is 11.4 Å². The van der Waals surface area contributed by atoms with Gasteiger partial charge in [-0.2, -0.15) is 0 Å². The zero-order chi connectivity index (χ0) is 23.1. The van der Waals surface area contributed by atoms with Crippen LogP contribution in [-0.2, 0) is 22.6 Å². The van der Waals surface area contributed by atoms with E-state index in [9.17, 15) is 14.4 Å². The molecule has 0 aliphatic carbocycles. The third kappa shape index (κ3) is 4.03. The first kappa shape index (κ1) is 21.4. The Morgan fingerprint density at radius 1 is 1.18 bits per heavy atom. The number of rotatable bonds is 4. The molecule has 4 aromatic rings. The summed E-state index contributed by atoms with van der Waals surface area (Å²) in [6, 6.07) is 12.7. The molecule has 2 aromatic carbocycles. The number of hydrogen-bond acceptors (Lipinski definition) is 5. The van der Waals surface area contributed by atoms with Crippen LogP contribution < -0.4 is 15.8 Å². The van der Waals surface area contributed by atoms with Crippen molar-refractivity contribution in [2.24, 2.45) is 0 Å². The van der Waals surface area contributed by atoms with Gasteiger partial charge in [-0.3, -0.25) is 19.0 Å².